The lowest BCUT2D eigenvalue weighted by molar-refractivity contribution is -0.115. The summed E-state index contributed by atoms with van der Waals surface area (Å²) in [7, 11) is 0. The number of thiophene rings is 1. The quantitative estimate of drug-likeness (QED) is 0.886. The molecule has 0 saturated heterocycles. The second-order valence-electron chi connectivity index (χ2n) is 5.42. The number of hydrogen-bond donors (Lipinski definition) is 2. The standard InChI is InChI=1S/C17H20N2O2S/c1-11(2)13-5-4-6-14(9-13)19-16(20)10-18-17(21)15-8-7-12(3)22-15/h4-9,11H,10H2,1-3H3,(H,18,21)(H,19,20). The topological polar surface area (TPSA) is 58.2 Å². The summed E-state index contributed by atoms with van der Waals surface area (Å²) in [6.07, 6.45) is 0. The molecule has 2 N–H and O–H groups in total. The molecule has 4 nitrogen and oxygen atoms in total. The summed E-state index contributed by atoms with van der Waals surface area (Å²) in [6.45, 7) is 6.10. The van der Waals surface area contributed by atoms with Crippen molar-refractivity contribution in [2.75, 3.05) is 11.9 Å². The van der Waals surface area contributed by atoms with Crippen molar-refractivity contribution in [1.82, 2.24) is 5.32 Å². The van der Waals surface area contributed by atoms with Gasteiger partial charge >= 0.3 is 0 Å². The van der Waals surface area contributed by atoms with E-state index in [0.29, 0.717) is 10.8 Å². The molecule has 2 aromatic rings. The normalized spacial score (nSPS) is 10.5. The molecule has 1 aromatic carbocycles. The van der Waals surface area contributed by atoms with Crippen LogP contribution in [-0.4, -0.2) is 18.4 Å². The molecule has 0 unspecified atom stereocenters. The first-order valence-corrected chi connectivity index (χ1v) is 8.02. The zero-order chi connectivity index (χ0) is 16.1. The Balaban J connectivity index is 1.88. The molecule has 5 heteroatoms. The third kappa shape index (κ3) is 4.43. The molecule has 0 aliphatic heterocycles. The van der Waals surface area contributed by atoms with Gasteiger partial charge in [-0.05, 0) is 42.7 Å². The van der Waals surface area contributed by atoms with Gasteiger partial charge in [-0.25, -0.2) is 0 Å². The molecule has 2 rings (SSSR count). The summed E-state index contributed by atoms with van der Waals surface area (Å²) in [4.78, 5) is 25.5. The molecule has 0 fully saturated rings. The fourth-order valence-corrected chi connectivity index (χ4v) is 2.77. The maximum Gasteiger partial charge on any atom is 0.261 e. The maximum atomic E-state index is 11.9. The number of amides is 2. The van der Waals surface area contributed by atoms with E-state index in [1.165, 1.54) is 11.3 Å². The van der Waals surface area contributed by atoms with Gasteiger partial charge in [-0.15, -0.1) is 11.3 Å². The average molecular weight is 316 g/mol. The number of carbonyl (C=O) groups excluding carboxylic acids is 2. The van der Waals surface area contributed by atoms with E-state index < -0.39 is 0 Å². The largest absolute Gasteiger partial charge is 0.342 e. The molecule has 116 valence electrons. The average Bonchev–Trinajstić information content (AvgIpc) is 2.91. The highest BCUT2D eigenvalue weighted by Crippen LogP contribution is 2.18. The Hall–Kier alpha value is -2.14. The Morgan fingerprint density at radius 3 is 2.59 bits per heavy atom. The van der Waals surface area contributed by atoms with Crippen LogP contribution < -0.4 is 10.6 Å². The number of anilines is 1. The summed E-state index contributed by atoms with van der Waals surface area (Å²) in [5.74, 6) is -0.0506. The van der Waals surface area contributed by atoms with Gasteiger partial charge in [0.1, 0.15) is 0 Å². The van der Waals surface area contributed by atoms with Crippen LogP contribution >= 0.6 is 11.3 Å². The summed E-state index contributed by atoms with van der Waals surface area (Å²) >= 11 is 1.41. The highest BCUT2D eigenvalue weighted by atomic mass is 32.1. The molecule has 0 bridgehead atoms. The number of aryl methyl sites for hydroxylation is 1. The van der Waals surface area contributed by atoms with E-state index in [1.807, 2.05) is 37.3 Å². The van der Waals surface area contributed by atoms with Crippen LogP contribution in [-0.2, 0) is 4.79 Å². The van der Waals surface area contributed by atoms with Crippen molar-refractivity contribution in [3.63, 3.8) is 0 Å². The van der Waals surface area contributed by atoms with Gasteiger partial charge in [0.05, 0.1) is 11.4 Å². The number of nitrogens with one attached hydrogen (secondary N) is 2. The molecular formula is C17H20N2O2S. The molecule has 0 aliphatic rings. The minimum Gasteiger partial charge on any atom is -0.342 e. The van der Waals surface area contributed by atoms with E-state index in [2.05, 4.69) is 24.5 Å². The lowest BCUT2D eigenvalue weighted by atomic mass is 10.0. The molecule has 1 aromatic heterocycles. The van der Waals surface area contributed by atoms with Gasteiger partial charge in [-0.2, -0.15) is 0 Å². The van der Waals surface area contributed by atoms with Gasteiger partial charge in [0, 0.05) is 10.6 Å². The van der Waals surface area contributed by atoms with Crippen molar-refractivity contribution in [1.29, 1.82) is 0 Å². The molecule has 0 saturated carbocycles. The van der Waals surface area contributed by atoms with Gasteiger partial charge in [0.25, 0.3) is 5.91 Å². The Morgan fingerprint density at radius 2 is 1.95 bits per heavy atom. The predicted octanol–water partition coefficient (Wildman–Crippen LogP) is 3.55. The summed E-state index contributed by atoms with van der Waals surface area (Å²) < 4.78 is 0. The Morgan fingerprint density at radius 1 is 1.18 bits per heavy atom. The van der Waals surface area contributed by atoms with Crippen molar-refractivity contribution >= 4 is 28.8 Å². The molecular weight excluding hydrogens is 296 g/mol. The Bertz CT molecular complexity index is 677. The van der Waals surface area contributed by atoms with Gasteiger partial charge in [0.15, 0.2) is 0 Å². The summed E-state index contributed by atoms with van der Waals surface area (Å²) in [5.41, 5.74) is 1.91. The van der Waals surface area contributed by atoms with Crippen LogP contribution in [0.3, 0.4) is 0 Å². The highest BCUT2D eigenvalue weighted by molar-refractivity contribution is 7.13. The van der Waals surface area contributed by atoms with E-state index in [1.54, 1.807) is 6.07 Å². The second-order valence-corrected chi connectivity index (χ2v) is 6.71. The van der Waals surface area contributed by atoms with Gasteiger partial charge in [0.2, 0.25) is 5.91 Å². The lowest BCUT2D eigenvalue weighted by Crippen LogP contribution is -2.32. The van der Waals surface area contributed by atoms with Crippen LogP contribution in [0.4, 0.5) is 5.69 Å². The Kier molecular flexibility index (Phi) is 5.33. The van der Waals surface area contributed by atoms with Crippen LogP contribution in [0.1, 0.15) is 39.9 Å². The van der Waals surface area contributed by atoms with Gasteiger partial charge in [-0.3, -0.25) is 9.59 Å². The molecule has 0 aliphatic carbocycles. The van der Waals surface area contributed by atoms with Crippen LogP contribution in [0.5, 0.6) is 0 Å². The second kappa shape index (κ2) is 7.22. The highest BCUT2D eigenvalue weighted by Gasteiger charge is 2.10. The molecule has 0 radical (unpaired) electrons. The van der Waals surface area contributed by atoms with Crippen molar-refractivity contribution < 1.29 is 9.59 Å². The lowest BCUT2D eigenvalue weighted by Gasteiger charge is -2.10. The van der Waals surface area contributed by atoms with E-state index in [4.69, 9.17) is 0 Å². The van der Waals surface area contributed by atoms with Crippen LogP contribution in [0.2, 0.25) is 0 Å². The monoisotopic (exact) mass is 316 g/mol. The number of hydrogen-bond acceptors (Lipinski definition) is 3. The van der Waals surface area contributed by atoms with Crippen LogP contribution in [0.15, 0.2) is 36.4 Å². The molecule has 22 heavy (non-hydrogen) atoms. The molecule has 0 spiro atoms. The van der Waals surface area contributed by atoms with Gasteiger partial charge < -0.3 is 10.6 Å². The molecule has 2 amide bonds. The van der Waals surface area contributed by atoms with Crippen LogP contribution in [0, 0.1) is 6.92 Å². The van der Waals surface area contributed by atoms with E-state index in [9.17, 15) is 9.59 Å². The van der Waals surface area contributed by atoms with Crippen molar-refractivity contribution in [2.24, 2.45) is 0 Å². The molecule has 1 heterocycles. The third-order valence-corrected chi connectivity index (χ3v) is 4.21. The van der Waals surface area contributed by atoms with E-state index >= 15 is 0 Å². The predicted molar refractivity (Wildman–Crippen MR) is 90.5 cm³/mol. The maximum absolute atomic E-state index is 11.9. The number of benzene rings is 1. The number of rotatable bonds is 5. The third-order valence-electron chi connectivity index (χ3n) is 3.21. The fraction of sp³-hybridized carbons (Fsp3) is 0.294. The fourth-order valence-electron chi connectivity index (χ4n) is 1.98. The van der Waals surface area contributed by atoms with Crippen molar-refractivity contribution in [2.45, 2.75) is 26.7 Å². The molecule has 0 atom stereocenters. The first-order chi connectivity index (χ1) is 10.5. The summed E-state index contributed by atoms with van der Waals surface area (Å²) in [6, 6.07) is 11.4. The SMILES string of the molecule is Cc1ccc(C(=O)NCC(=O)Nc2cccc(C(C)C)c2)s1. The van der Waals surface area contributed by atoms with Gasteiger partial charge in [-0.1, -0.05) is 26.0 Å². The summed E-state index contributed by atoms with van der Waals surface area (Å²) in [5, 5.41) is 5.43. The zero-order valence-electron chi connectivity index (χ0n) is 13.0. The minimum atomic E-state index is -0.234. The van der Waals surface area contributed by atoms with E-state index in [-0.39, 0.29) is 18.4 Å². The van der Waals surface area contributed by atoms with Crippen molar-refractivity contribution in [3.8, 4) is 0 Å². The van der Waals surface area contributed by atoms with E-state index in [0.717, 1.165) is 16.1 Å². The number of carbonyl (C=O) groups is 2. The minimum absolute atomic E-state index is 0.0400. The zero-order valence-corrected chi connectivity index (χ0v) is 13.8. The first-order valence-electron chi connectivity index (χ1n) is 7.20. The Labute approximate surface area is 134 Å². The smallest absolute Gasteiger partial charge is 0.261 e. The first kappa shape index (κ1) is 16.2. The van der Waals surface area contributed by atoms with Crippen molar-refractivity contribution in [3.05, 3.63) is 51.7 Å². The van der Waals surface area contributed by atoms with Crippen LogP contribution in [0.25, 0.3) is 0 Å².